The van der Waals surface area contributed by atoms with Gasteiger partial charge < -0.3 is 0 Å². The minimum Gasteiger partial charge on any atom is -0.0683 e. The van der Waals surface area contributed by atoms with Crippen LogP contribution in [0.2, 0.25) is 0 Å². The minimum atomic E-state index is 0.627. The van der Waals surface area contributed by atoms with Gasteiger partial charge in [0.05, 0.1) is 0 Å². The Morgan fingerprint density at radius 2 is 0.789 bits per heavy atom. The smallest absolute Gasteiger partial charge is 0.0298 e. The average molecular weight is 275 g/mol. The van der Waals surface area contributed by atoms with E-state index >= 15 is 0 Å². The molecular formula is C19H46. The second kappa shape index (κ2) is 20.3. The molecule has 0 aromatic carbocycles. The standard InChI is InChI=1S/C13H28.3C2H6/c1-7-13(8-2,9-11(3)4)10-12(5)6;3*1-2/h11-12H,7-10H2,1-6H3;3*1-2H3. The first kappa shape index (κ1) is 27.4. The maximum atomic E-state index is 2.36. The molecule has 19 heavy (non-hydrogen) atoms. The molecule has 0 saturated heterocycles. The third kappa shape index (κ3) is 18.0. The molecule has 0 N–H and O–H groups in total. The SMILES string of the molecule is CC.CC.CC.CCC(CC)(CC(C)C)CC(C)C. The van der Waals surface area contributed by atoms with Crippen molar-refractivity contribution in [3.63, 3.8) is 0 Å². The normalized spacial score (nSPS) is 9.79. The molecule has 0 aliphatic heterocycles. The van der Waals surface area contributed by atoms with E-state index in [-0.39, 0.29) is 0 Å². The molecule has 0 heteroatoms. The van der Waals surface area contributed by atoms with Crippen molar-refractivity contribution in [1.82, 2.24) is 0 Å². The predicted octanol–water partition coefficient (Wildman–Crippen LogP) is 7.96. The van der Waals surface area contributed by atoms with Crippen molar-refractivity contribution in [2.45, 2.75) is 109 Å². The lowest BCUT2D eigenvalue weighted by Crippen LogP contribution is -2.23. The Bertz CT molecular complexity index is 106. The molecule has 0 spiro atoms. The molecule has 0 fully saturated rings. The van der Waals surface area contributed by atoms with Gasteiger partial charge in [0.15, 0.2) is 0 Å². The third-order valence-electron chi connectivity index (χ3n) is 3.18. The zero-order valence-corrected chi connectivity index (χ0v) is 16.5. The fourth-order valence-corrected chi connectivity index (χ4v) is 2.64. The maximum absolute atomic E-state index is 2.36. The first-order chi connectivity index (χ1) is 8.95. The van der Waals surface area contributed by atoms with E-state index in [0.29, 0.717) is 5.41 Å². The third-order valence-corrected chi connectivity index (χ3v) is 3.18. The zero-order chi connectivity index (χ0) is 16.5. The van der Waals surface area contributed by atoms with Gasteiger partial charge >= 0.3 is 0 Å². The maximum Gasteiger partial charge on any atom is -0.0298 e. The van der Waals surface area contributed by atoms with Gasteiger partial charge in [0.1, 0.15) is 0 Å². The summed E-state index contributed by atoms with van der Waals surface area (Å²) in [5, 5.41) is 0. The van der Waals surface area contributed by atoms with Gasteiger partial charge in [0, 0.05) is 0 Å². The summed E-state index contributed by atoms with van der Waals surface area (Å²) in [6, 6.07) is 0. The summed E-state index contributed by atoms with van der Waals surface area (Å²) in [7, 11) is 0. The average Bonchev–Trinajstić information content (AvgIpc) is 2.43. The Hall–Kier alpha value is 0. The number of hydrogen-bond donors (Lipinski definition) is 0. The van der Waals surface area contributed by atoms with Crippen LogP contribution >= 0.6 is 0 Å². The van der Waals surface area contributed by atoms with Gasteiger partial charge in [-0.1, -0.05) is 95.9 Å². The molecule has 0 unspecified atom stereocenters. The van der Waals surface area contributed by atoms with Crippen LogP contribution in [-0.4, -0.2) is 0 Å². The van der Waals surface area contributed by atoms with Crippen molar-refractivity contribution in [2.75, 3.05) is 0 Å². The van der Waals surface area contributed by atoms with E-state index in [0.717, 1.165) is 11.8 Å². The molecule has 0 bridgehead atoms. The molecule has 0 amide bonds. The van der Waals surface area contributed by atoms with Gasteiger partial charge in [-0.05, 0) is 30.1 Å². The summed E-state index contributed by atoms with van der Waals surface area (Å²) >= 11 is 0. The van der Waals surface area contributed by atoms with Crippen LogP contribution in [0, 0.1) is 17.3 Å². The van der Waals surface area contributed by atoms with Gasteiger partial charge in [-0.25, -0.2) is 0 Å². The second-order valence-electron chi connectivity index (χ2n) is 5.40. The summed E-state index contributed by atoms with van der Waals surface area (Å²) in [4.78, 5) is 0. The molecule has 0 radical (unpaired) electrons. The first-order valence-corrected chi connectivity index (χ1v) is 8.95. The Labute approximate surface area is 126 Å². The Kier molecular flexibility index (Phi) is 29.3. The van der Waals surface area contributed by atoms with E-state index in [1.165, 1.54) is 25.7 Å². The van der Waals surface area contributed by atoms with E-state index in [9.17, 15) is 0 Å². The highest BCUT2D eigenvalue weighted by atomic mass is 14.3. The number of hydrogen-bond acceptors (Lipinski definition) is 0. The summed E-state index contributed by atoms with van der Waals surface area (Å²) in [5.41, 5.74) is 0.627. The molecule has 0 aliphatic carbocycles. The van der Waals surface area contributed by atoms with Gasteiger partial charge in [0.25, 0.3) is 0 Å². The van der Waals surface area contributed by atoms with Gasteiger partial charge in [-0.3, -0.25) is 0 Å². The van der Waals surface area contributed by atoms with Crippen LogP contribution in [0.3, 0.4) is 0 Å². The summed E-state index contributed by atoms with van der Waals surface area (Å²) < 4.78 is 0. The topological polar surface area (TPSA) is 0 Å². The van der Waals surface area contributed by atoms with E-state index in [1.807, 2.05) is 41.5 Å². The van der Waals surface area contributed by atoms with Crippen molar-refractivity contribution < 1.29 is 0 Å². The zero-order valence-electron chi connectivity index (χ0n) is 16.5. The summed E-state index contributed by atoms with van der Waals surface area (Å²) in [6.45, 7) is 26.1. The van der Waals surface area contributed by atoms with Gasteiger partial charge in [0.2, 0.25) is 0 Å². The van der Waals surface area contributed by atoms with Crippen LogP contribution in [-0.2, 0) is 0 Å². The molecular weight excluding hydrogens is 228 g/mol. The molecule has 0 aromatic heterocycles. The fraction of sp³-hybridized carbons (Fsp3) is 1.00. The molecule has 0 aromatic rings. The quantitative estimate of drug-likeness (QED) is 0.460. The van der Waals surface area contributed by atoms with Gasteiger partial charge in [-0.15, -0.1) is 0 Å². The molecule has 122 valence electrons. The van der Waals surface area contributed by atoms with E-state index in [4.69, 9.17) is 0 Å². The highest BCUT2D eigenvalue weighted by Gasteiger charge is 2.27. The fourth-order valence-electron chi connectivity index (χ4n) is 2.64. The summed E-state index contributed by atoms with van der Waals surface area (Å²) in [5.74, 6) is 1.69. The second-order valence-corrected chi connectivity index (χ2v) is 5.40. The largest absolute Gasteiger partial charge is 0.0683 e. The van der Waals surface area contributed by atoms with Crippen LogP contribution in [0.5, 0.6) is 0 Å². The predicted molar refractivity (Wildman–Crippen MR) is 96.0 cm³/mol. The molecule has 0 saturated carbocycles. The van der Waals surface area contributed by atoms with E-state index < -0.39 is 0 Å². The Morgan fingerprint density at radius 3 is 0.895 bits per heavy atom. The lowest BCUT2D eigenvalue weighted by atomic mass is 9.71. The van der Waals surface area contributed by atoms with Crippen LogP contribution in [0.4, 0.5) is 0 Å². The Morgan fingerprint density at radius 1 is 0.579 bits per heavy atom. The van der Waals surface area contributed by atoms with Crippen molar-refractivity contribution in [1.29, 1.82) is 0 Å². The van der Waals surface area contributed by atoms with Gasteiger partial charge in [-0.2, -0.15) is 0 Å². The first-order valence-electron chi connectivity index (χ1n) is 8.95. The van der Waals surface area contributed by atoms with Crippen molar-refractivity contribution >= 4 is 0 Å². The molecule has 0 aliphatic rings. The van der Waals surface area contributed by atoms with E-state index in [1.54, 1.807) is 0 Å². The lowest BCUT2D eigenvalue weighted by molar-refractivity contribution is 0.164. The molecule has 0 nitrogen and oxygen atoms in total. The van der Waals surface area contributed by atoms with Crippen molar-refractivity contribution in [3.8, 4) is 0 Å². The highest BCUT2D eigenvalue weighted by Crippen LogP contribution is 2.39. The minimum absolute atomic E-state index is 0.627. The molecule has 0 heterocycles. The van der Waals surface area contributed by atoms with E-state index in [2.05, 4.69) is 41.5 Å². The molecule has 0 rings (SSSR count). The van der Waals surface area contributed by atoms with Crippen LogP contribution in [0.1, 0.15) is 109 Å². The highest BCUT2D eigenvalue weighted by molar-refractivity contribution is 4.78. The monoisotopic (exact) mass is 274 g/mol. The Balaban J connectivity index is -0.000000163. The van der Waals surface area contributed by atoms with Crippen LogP contribution in [0.15, 0.2) is 0 Å². The van der Waals surface area contributed by atoms with Crippen molar-refractivity contribution in [2.24, 2.45) is 17.3 Å². The number of rotatable bonds is 6. The van der Waals surface area contributed by atoms with Crippen molar-refractivity contribution in [3.05, 3.63) is 0 Å². The lowest BCUT2D eigenvalue weighted by Gasteiger charge is -2.35. The van der Waals surface area contributed by atoms with Crippen LogP contribution in [0.25, 0.3) is 0 Å². The van der Waals surface area contributed by atoms with Crippen LogP contribution < -0.4 is 0 Å². The summed E-state index contributed by atoms with van der Waals surface area (Å²) in [6.07, 6.45) is 5.50. The molecule has 0 atom stereocenters.